The first-order valence-corrected chi connectivity index (χ1v) is 5.61. The summed E-state index contributed by atoms with van der Waals surface area (Å²) in [6, 6.07) is -0.745. The molecule has 16 heavy (non-hydrogen) atoms. The van der Waals surface area contributed by atoms with Gasteiger partial charge in [0.2, 0.25) is 0 Å². The fraction of sp³-hybridized carbons (Fsp3) is 0.800. The van der Waals surface area contributed by atoms with E-state index >= 15 is 0 Å². The van der Waals surface area contributed by atoms with Crippen molar-refractivity contribution in [2.24, 2.45) is 0 Å². The number of amides is 1. The van der Waals surface area contributed by atoms with Crippen LogP contribution in [0, 0.1) is 0 Å². The molecule has 1 atom stereocenters. The lowest BCUT2D eigenvalue weighted by Crippen LogP contribution is -2.56. The van der Waals surface area contributed by atoms with Gasteiger partial charge in [-0.25, -0.2) is 9.59 Å². The smallest absolute Gasteiger partial charge is 0.411 e. The summed E-state index contributed by atoms with van der Waals surface area (Å²) in [5.41, 5.74) is -0.562. The zero-order chi connectivity index (χ0) is 12.3. The Bertz CT molecular complexity index is 287. The minimum Gasteiger partial charge on any atom is -0.448 e. The molecule has 5 nitrogen and oxygen atoms in total. The quantitative estimate of drug-likeness (QED) is 0.553. The maximum Gasteiger partial charge on any atom is 0.411 e. The van der Waals surface area contributed by atoms with Crippen molar-refractivity contribution in [2.75, 3.05) is 12.6 Å². The van der Waals surface area contributed by atoms with E-state index in [0.717, 1.165) is 0 Å². The second-order valence-corrected chi connectivity index (χ2v) is 4.77. The molecular weight excluding hydrogens is 234 g/mol. The summed E-state index contributed by atoms with van der Waals surface area (Å²) in [6.07, 6.45) is 0.102. The average Bonchev–Trinajstić information content (AvgIpc) is 1.97. The van der Waals surface area contributed by atoms with Crippen molar-refractivity contribution in [1.29, 1.82) is 0 Å². The molecule has 1 fully saturated rings. The van der Waals surface area contributed by atoms with Crippen LogP contribution >= 0.6 is 11.6 Å². The number of nitrogens with zero attached hydrogens (tertiary/aromatic N) is 1. The zero-order valence-corrected chi connectivity index (χ0v) is 10.4. The summed E-state index contributed by atoms with van der Waals surface area (Å²) in [6.45, 7) is 5.83. The molecule has 0 radical (unpaired) electrons. The first-order valence-electron chi connectivity index (χ1n) is 5.07. The van der Waals surface area contributed by atoms with Crippen LogP contribution in [0.2, 0.25) is 0 Å². The highest BCUT2D eigenvalue weighted by Crippen LogP contribution is 2.22. The number of ether oxygens (including phenoxy) is 2. The molecule has 1 saturated heterocycles. The summed E-state index contributed by atoms with van der Waals surface area (Å²) in [7, 11) is 0. The molecule has 0 aromatic heterocycles. The van der Waals surface area contributed by atoms with Gasteiger partial charge in [0.15, 0.2) is 6.07 Å². The zero-order valence-electron chi connectivity index (χ0n) is 9.66. The molecule has 1 rings (SSSR count). The standard InChI is InChI=1S/C10H16ClNO4/c1-10(2,3)16-9(14)12-5-4-7(12)8(13)15-6-11/h7H,4-6H2,1-3H3. The van der Waals surface area contributed by atoms with Crippen LogP contribution in [0.3, 0.4) is 0 Å². The fourth-order valence-corrected chi connectivity index (χ4v) is 1.43. The third-order valence-corrected chi connectivity index (χ3v) is 2.23. The van der Waals surface area contributed by atoms with Crippen LogP contribution in [-0.4, -0.2) is 41.2 Å². The Morgan fingerprint density at radius 2 is 2.06 bits per heavy atom. The number of halogens is 1. The van der Waals surface area contributed by atoms with Crippen molar-refractivity contribution in [3.63, 3.8) is 0 Å². The lowest BCUT2D eigenvalue weighted by Gasteiger charge is -2.39. The Hall–Kier alpha value is -0.970. The average molecular weight is 250 g/mol. The van der Waals surface area contributed by atoms with Crippen LogP contribution < -0.4 is 0 Å². The van der Waals surface area contributed by atoms with Gasteiger partial charge in [0, 0.05) is 6.54 Å². The number of esters is 1. The van der Waals surface area contributed by atoms with Crippen LogP contribution in [0.15, 0.2) is 0 Å². The highest BCUT2D eigenvalue weighted by atomic mass is 35.5. The summed E-state index contributed by atoms with van der Waals surface area (Å²) in [4.78, 5) is 24.3. The molecule has 0 aromatic carbocycles. The summed E-state index contributed by atoms with van der Waals surface area (Å²) in [5, 5.41) is 0. The van der Waals surface area contributed by atoms with Gasteiger partial charge in [-0.1, -0.05) is 11.6 Å². The molecule has 1 aliphatic heterocycles. The molecule has 0 bridgehead atoms. The van der Waals surface area contributed by atoms with Gasteiger partial charge in [0.05, 0.1) is 0 Å². The van der Waals surface area contributed by atoms with Gasteiger partial charge < -0.3 is 9.47 Å². The molecule has 1 unspecified atom stereocenters. The lowest BCUT2D eigenvalue weighted by molar-refractivity contribution is -0.152. The van der Waals surface area contributed by atoms with E-state index in [4.69, 9.17) is 16.3 Å². The third kappa shape index (κ3) is 3.27. The SMILES string of the molecule is CC(C)(C)OC(=O)N1CCC1C(=O)OCCl. The molecular formula is C10H16ClNO4. The fourth-order valence-electron chi connectivity index (χ4n) is 1.32. The number of hydrogen-bond acceptors (Lipinski definition) is 4. The minimum atomic E-state index is -0.562. The number of rotatable bonds is 2. The largest absolute Gasteiger partial charge is 0.448 e. The molecule has 0 aliphatic carbocycles. The van der Waals surface area contributed by atoms with Crippen LogP contribution in [-0.2, 0) is 14.3 Å². The van der Waals surface area contributed by atoms with Gasteiger partial charge in [0.25, 0.3) is 0 Å². The predicted molar refractivity (Wildman–Crippen MR) is 58.2 cm³/mol. The second kappa shape index (κ2) is 4.91. The van der Waals surface area contributed by atoms with E-state index in [-0.39, 0.29) is 6.07 Å². The third-order valence-electron chi connectivity index (χ3n) is 2.12. The van der Waals surface area contributed by atoms with Gasteiger partial charge in [0.1, 0.15) is 11.6 Å². The van der Waals surface area contributed by atoms with E-state index in [1.54, 1.807) is 20.8 Å². The molecule has 6 heteroatoms. The number of carbonyl (C=O) groups excluding carboxylic acids is 2. The minimum absolute atomic E-state index is 0.197. The van der Waals surface area contributed by atoms with Crippen LogP contribution in [0.5, 0.6) is 0 Å². The summed E-state index contributed by atoms with van der Waals surface area (Å²) >= 11 is 5.28. The topological polar surface area (TPSA) is 55.8 Å². The van der Waals surface area contributed by atoms with E-state index in [9.17, 15) is 9.59 Å². The van der Waals surface area contributed by atoms with E-state index in [1.807, 2.05) is 0 Å². The van der Waals surface area contributed by atoms with Crippen LogP contribution in [0.4, 0.5) is 4.79 Å². The Morgan fingerprint density at radius 1 is 1.44 bits per heavy atom. The Kier molecular flexibility index (Phi) is 4.02. The van der Waals surface area contributed by atoms with Gasteiger partial charge in [-0.05, 0) is 27.2 Å². The molecule has 0 aromatic rings. The number of hydrogen-bond donors (Lipinski definition) is 0. The lowest BCUT2D eigenvalue weighted by atomic mass is 10.0. The molecule has 1 aliphatic rings. The van der Waals surface area contributed by atoms with Crippen molar-refractivity contribution in [1.82, 2.24) is 4.90 Å². The van der Waals surface area contributed by atoms with Gasteiger partial charge in [-0.15, -0.1) is 0 Å². The van der Waals surface area contributed by atoms with E-state index in [2.05, 4.69) is 4.74 Å². The van der Waals surface area contributed by atoms with E-state index in [1.165, 1.54) is 4.90 Å². The number of alkyl halides is 1. The maximum atomic E-state index is 11.6. The number of carbonyl (C=O) groups is 2. The first kappa shape index (κ1) is 13.1. The van der Waals surface area contributed by atoms with Crippen LogP contribution in [0.25, 0.3) is 0 Å². The monoisotopic (exact) mass is 249 g/mol. The molecule has 0 spiro atoms. The Balaban J connectivity index is 2.49. The van der Waals surface area contributed by atoms with Gasteiger partial charge in [-0.3, -0.25) is 4.90 Å². The summed E-state index contributed by atoms with van der Waals surface area (Å²) < 4.78 is 9.78. The molecule has 1 heterocycles. The molecule has 0 N–H and O–H groups in total. The molecule has 1 amide bonds. The van der Waals surface area contributed by atoms with Crippen molar-refractivity contribution in [3.8, 4) is 0 Å². The second-order valence-electron chi connectivity index (χ2n) is 4.55. The maximum absolute atomic E-state index is 11.6. The van der Waals surface area contributed by atoms with Crippen LogP contribution in [0.1, 0.15) is 27.2 Å². The van der Waals surface area contributed by atoms with Gasteiger partial charge >= 0.3 is 12.1 Å². The van der Waals surface area contributed by atoms with Crippen molar-refractivity contribution >= 4 is 23.7 Å². The Morgan fingerprint density at radius 3 is 2.44 bits per heavy atom. The highest BCUT2D eigenvalue weighted by Gasteiger charge is 2.40. The van der Waals surface area contributed by atoms with Crippen molar-refractivity contribution in [3.05, 3.63) is 0 Å². The van der Waals surface area contributed by atoms with E-state index < -0.39 is 23.7 Å². The van der Waals surface area contributed by atoms with E-state index in [0.29, 0.717) is 13.0 Å². The first-order chi connectivity index (χ1) is 7.35. The highest BCUT2D eigenvalue weighted by molar-refractivity contribution is 6.17. The van der Waals surface area contributed by atoms with Crippen molar-refractivity contribution in [2.45, 2.75) is 38.8 Å². The van der Waals surface area contributed by atoms with Gasteiger partial charge in [-0.2, -0.15) is 0 Å². The number of likely N-dealkylation sites (tertiary alicyclic amines) is 1. The predicted octanol–water partition coefficient (Wildman–Crippen LogP) is 1.74. The molecule has 0 saturated carbocycles. The Labute approximate surface area is 99.6 Å². The summed E-state index contributed by atoms with van der Waals surface area (Å²) in [5.74, 6) is -0.480. The normalized spacial score (nSPS) is 20.0. The van der Waals surface area contributed by atoms with Crippen molar-refractivity contribution < 1.29 is 19.1 Å². The molecule has 92 valence electrons.